The van der Waals surface area contributed by atoms with E-state index in [4.69, 9.17) is 4.98 Å². The molecule has 2 aliphatic carbocycles. The Morgan fingerprint density at radius 3 is 2.65 bits per heavy atom. The van der Waals surface area contributed by atoms with E-state index >= 15 is 0 Å². The zero-order valence-electron chi connectivity index (χ0n) is 21.4. The van der Waals surface area contributed by atoms with Crippen molar-refractivity contribution in [1.29, 1.82) is 0 Å². The summed E-state index contributed by atoms with van der Waals surface area (Å²) in [6.45, 7) is 3.69. The molecule has 7 rings (SSSR count). The Morgan fingerprint density at radius 2 is 1.89 bits per heavy atom. The van der Waals surface area contributed by atoms with Crippen LogP contribution in [0.1, 0.15) is 62.6 Å². The molecule has 8 heteroatoms. The van der Waals surface area contributed by atoms with E-state index < -0.39 is 6.04 Å². The average Bonchev–Trinajstić information content (AvgIpc) is 3.43. The number of nitrogens with zero attached hydrogens (tertiary/aromatic N) is 4. The lowest BCUT2D eigenvalue weighted by Gasteiger charge is -2.32. The monoisotopic (exact) mass is 499 g/mol. The molecule has 8 nitrogen and oxygen atoms in total. The topological polar surface area (TPSA) is 87.5 Å². The van der Waals surface area contributed by atoms with Gasteiger partial charge in [-0.3, -0.25) is 24.6 Å². The summed E-state index contributed by atoms with van der Waals surface area (Å²) < 4.78 is 2.09. The highest BCUT2D eigenvalue weighted by atomic mass is 16.2. The van der Waals surface area contributed by atoms with Gasteiger partial charge in [0.1, 0.15) is 11.7 Å². The maximum Gasteiger partial charge on any atom is 0.251 e. The number of hydrogen-bond acceptors (Lipinski definition) is 5. The summed E-state index contributed by atoms with van der Waals surface area (Å²) in [4.78, 5) is 46.5. The van der Waals surface area contributed by atoms with E-state index in [0.717, 1.165) is 41.0 Å². The van der Waals surface area contributed by atoms with Crippen molar-refractivity contribution in [2.24, 2.45) is 12.5 Å². The highest BCUT2D eigenvalue weighted by molar-refractivity contribution is 6.05. The summed E-state index contributed by atoms with van der Waals surface area (Å²) in [6, 6.07) is 3.86. The summed E-state index contributed by atoms with van der Waals surface area (Å²) in [5.74, 6) is -0.688. The summed E-state index contributed by atoms with van der Waals surface area (Å²) in [7, 11) is 2.05. The van der Waals surface area contributed by atoms with Crippen LogP contribution in [-0.2, 0) is 28.0 Å². The van der Waals surface area contributed by atoms with Gasteiger partial charge in [-0.15, -0.1) is 0 Å². The Bertz CT molecular complexity index is 1400. The fourth-order valence-electron chi connectivity index (χ4n) is 6.74. The molecule has 192 valence electrons. The standard InChI is InChI=1S/C29H33N5O3/c1-32-11-6-21-20(16-33-12-9-29(7-8-29)10-13-33)15-23(30-26(21)32)18-2-3-22-19(14-18)17-34(28(22)37)24-4-5-25(35)31-27(24)36/h6,11,14-15,24H,2-5,7-10,12-13,16-17H2,1H3,(H,31,35,36). The van der Waals surface area contributed by atoms with E-state index in [1.165, 1.54) is 49.7 Å². The summed E-state index contributed by atoms with van der Waals surface area (Å²) >= 11 is 0. The van der Waals surface area contributed by atoms with Crippen molar-refractivity contribution in [3.63, 3.8) is 0 Å². The largest absolute Gasteiger partial charge is 0.336 e. The van der Waals surface area contributed by atoms with E-state index in [1.807, 2.05) is 7.05 Å². The minimum atomic E-state index is -0.573. The second-order valence-corrected chi connectivity index (χ2v) is 11.7. The third-order valence-electron chi connectivity index (χ3n) is 9.35. The molecule has 1 atom stereocenters. The van der Waals surface area contributed by atoms with Gasteiger partial charge in [-0.1, -0.05) is 6.08 Å². The van der Waals surface area contributed by atoms with E-state index in [-0.39, 0.29) is 24.1 Å². The number of piperidine rings is 2. The first-order valence-corrected chi connectivity index (χ1v) is 13.6. The Labute approximate surface area is 216 Å². The lowest BCUT2D eigenvalue weighted by atomic mass is 9.91. The molecule has 5 aliphatic rings. The Hall–Kier alpha value is -3.26. The molecule has 5 heterocycles. The van der Waals surface area contributed by atoms with Crippen LogP contribution in [0.5, 0.6) is 0 Å². The van der Waals surface area contributed by atoms with Crippen molar-refractivity contribution in [3.05, 3.63) is 46.8 Å². The highest BCUT2D eigenvalue weighted by Crippen LogP contribution is 2.53. The minimum Gasteiger partial charge on any atom is -0.336 e. The van der Waals surface area contributed by atoms with Gasteiger partial charge in [-0.2, -0.15) is 0 Å². The van der Waals surface area contributed by atoms with Gasteiger partial charge in [-0.25, -0.2) is 4.98 Å². The molecule has 0 bridgehead atoms. The molecule has 0 radical (unpaired) electrons. The molecule has 1 N–H and O–H groups in total. The van der Waals surface area contributed by atoms with Crippen molar-refractivity contribution in [3.8, 4) is 0 Å². The first-order valence-electron chi connectivity index (χ1n) is 13.6. The van der Waals surface area contributed by atoms with Crippen LogP contribution >= 0.6 is 0 Å². The predicted octanol–water partition coefficient (Wildman–Crippen LogP) is 3.07. The number of allylic oxidation sites excluding steroid dienone is 1. The Kier molecular flexibility index (Phi) is 5.19. The van der Waals surface area contributed by atoms with Gasteiger partial charge in [0, 0.05) is 43.7 Å². The second kappa shape index (κ2) is 8.38. The molecule has 3 amide bonds. The fraction of sp³-hybridized carbons (Fsp3) is 0.517. The lowest BCUT2D eigenvalue weighted by Crippen LogP contribution is -2.53. The average molecular weight is 500 g/mol. The normalized spacial score (nSPS) is 25.6. The molecular formula is C29H33N5O3. The lowest BCUT2D eigenvalue weighted by molar-refractivity contribution is -0.142. The summed E-state index contributed by atoms with van der Waals surface area (Å²) in [5, 5.41) is 3.61. The number of rotatable bonds is 4. The highest BCUT2D eigenvalue weighted by Gasteiger charge is 2.44. The Balaban J connectivity index is 1.16. The molecule has 3 fully saturated rings. The van der Waals surface area contributed by atoms with Crippen LogP contribution in [0, 0.1) is 5.41 Å². The quantitative estimate of drug-likeness (QED) is 0.654. The van der Waals surface area contributed by atoms with Crippen molar-refractivity contribution < 1.29 is 14.4 Å². The number of fused-ring (bicyclic) bond motifs is 1. The van der Waals surface area contributed by atoms with Crippen LogP contribution in [0.25, 0.3) is 16.6 Å². The van der Waals surface area contributed by atoms with Crippen molar-refractivity contribution >= 4 is 34.3 Å². The second-order valence-electron chi connectivity index (χ2n) is 11.7. The Morgan fingerprint density at radius 1 is 1.08 bits per heavy atom. The first-order chi connectivity index (χ1) is 17.9. The van der Waals surface area contributed by atoms with Crippen molar-refractivity contribution in [2.75, 3.05) is 19.6 Å². The van der Waals surface area contributed by atoms with Crippen molar-refractivity contribution in [2.45, 2.75) is 64.0 Å². The summed E-state index contributed by atoms with van der Waals surface area (Å²) in [5.41, 5.74) is 6.90. The first kappa shape index (κ1) is 22.9. The molecule has 2 aromatic rings. The van der Waals surface area contributed by atoms with E-state index in [1.54, 1.807) is 4.90 Å². The third kappa shape index (κ3) is 3.93. The number of aromatic nitrogens is 2. The number of amides is 3. The van der Waals surface area contributed by atoms with Crippen LogP contribution in [0.15, 0.2) is 35.6 Å². The number of pyridine rings is 1. The molecule has 1 unspecified atom stereocenters. The van der Waals surface area contributed by atoms with Crippen LogP contribution in [0.2, 0.25) is 0 Å². The SMILES string of the molecule is Cn1ccc2c(CN3CCC4(CC3)CC4)cc(C3=CC4=C(CC3)C(=O)N(C3CCC(=O)NC3=O)C4)nc21. The zero-order valence-corrected chi connectivity index (χ0v) is 21.4. The number of hydrogen-bond donors (Lipinski definition) is 1. The number of carbonyl (C=O) groups excluding carboxylic acids is 3. The number of carbonyl (C=O) groups is 3. The number of aryl methyl sites for hydroxylation is 1. The molecule has 1 saturated carbocycles. The van der Waals surface area contributed by atoms with E-state index in [9.17, 15) is 14.4 Å². The zero-order chi connectivity index (χ0) is 25.3. The molecule has 3 aliphatic heterocycles. The predicted molar refractivity (Wildman–Crippen MR) is 139 cm³/mol. The van der Waals surface area contributed by atoms with Crippen LogP contribution in [0.3, 0.4) is 0 Å². The van der Waals surface area contributed by atoms with Crippen molar-refractivity contribution in [1.82, 2.24) is 24.7 Å². The molecular weight excluding hydrogens is 466 g/mol. The molecule has 2 aromatic heterocycles. The summed E-state index contributed by atoms with van der Waals surface area (Å²) in [6.07, 6.45) is 11.8. The number of imide groups is 1. The van der Waals surface area contributed by atoms with E-state index in [0.29, 0.717) is 24.8 Å². The van der Waals surface area contributed by atoms with E-state index in [2.05, 4.69) is 39.2 Å². The minimum absolute atomic E-state index is 0.0649. The van der Waals surface area contributed by atoms with Crippen LogP contribution in [-0.4, -0.2) is 62.7 Å². The molecule has 0 aromatic carbocycles. The molecule has 2 saturated heterocycles. The van der Waals surface area contributed by atoms with Gasteiger partial charge in [0.15, 0.2) is 0 Å². The van der Waals surface area contributed by atoms with Gasteiger partial charge in [0.2, 0.25) is 11.8 Å². The van der Waals surface area contributed by atoms with Gasteiger partial charge >= 0.3 is 0 Å². The fourth-order valence-corrected chi connectivity index (χ4v) is 6.74. The third-order valence-corrected chi connectivity index (χ3v) is 9.35. The smallest absolute Gasteiger partial charge is 0.251 e. The number of nitrogens with one attached hydrogen (secondary N) is 1. The molecule has 1 spiro atoms. The van der Waals surface area contributed by atoms with Gasteiger partial charge < -0.3 is 9.47 Å². The maximum atomic E-state index is 13.2. The molecule has 37 heavy (non-hydrogen) atoms. The van der Waals surface area contributed by atoms with Crippen LogP contribution in [0.4, 0.5) is 0 Å². The van der Waals surface area contributed by atoms with Gasteiger partial charge in [0.25, 0.3) is 5.91 Å². The van der Waals surface area contributed by atoms with Crippen LogP contribution < -0.4 is 5.32 Å². The van der Waals surface area contributed by atoms with Gasteiger partial charge in [0.05, 0.1) is 5.69 Å². The number of likely N-dealkylation sites (tertiary alicyclic amines) is 1. The van der Waals surface area contributed by atoms with Gasteiger partial charge in [-0.05, 0) is 92.3 Å². The maximum absolute atomic E-state index is 13.2.